The molecule has 9 unspecified atom stereocenters. The first-order valence-electron chi connectivity index (χ1n) is 22.4. The third-order valence-corrected chi connectivity index (χ3v) is 11.0. The van der Waals surface area contributed by atoms with E-state index < -0.39 is 96.8 Å². The maximum absolute atomic E-state index is 13.8. The number of ether oxygens (including phenoxy) is 6. The molecule has 4 rings (SSSR count). The summed E-state index contributed by atoms with van der Waals surface area (Å²) >= 11 is 0. The van der Waals surface area contributed by atoms with Crippen LogP contribution in [0.5, 0.6) is 0 Å². The van der Waals surface area contributed by atoms with E-state index in [0.717, 1.165) is 38.5 Å². The highest BCUT2D eigenvalue weighted by Crippen LogP contribution is 2.43. The molecule has 1 aliphatic carbocycles. The first kappa shape index (κ1) is 51.9. The Labute approximate surface area is 370 Å². The summed E-state index contributed by atoms with van der Waals surface area (Å²) in [6.45, 7) is 8.46. The summed E-state index contributed by atoms with van der Waals surface area (Å²) in [5.41, 5.74) is 0.518. The second-order valence-electron chi connectivity index (χ2n) is 17.5. The zero-order chi connectivity index (χ0) is 46.2. The molecule has 0 saturated carbocycles. The van der Waals surface area contributed by atoms with Crippen molar-refractivity contribution in [2.45, 2.75) is 178 Å². The van der Waals surface area contributed by atoms with Crippen LogP contribution in [0.15, 0.2) is 42.0 Å². The predicted octanol–water partition coefficient (Wildman–Crippen LogP) is 3.12. The van der Waals surface area contributed by atoms with Crippen molar-refractivity contribution in [1.29, 1.82) is 0 Å². The topological polar surface area (TPSA) is 249 Å². The molecule has 354 valence electrons. The number of rotatable bonds is 24. The second-order valence-corrected chi connectivity index (χ2v) is 17.5. The number of benzene rings is 1. The Bertz CT molecular complexity index is 1680. The molecule has 0 aromatic heterocycles. The molecule has 2 fully saturated rings. The summed E-state index contributed by atoms with van der Waals surface area (Å²) < 4.78 is 35.8. The van der Waals surface area contributed by atoms with Crippen LogP contribution in [0.1, 0.15) is 128 Å². The van der Waals surface area contributed by atoms with E-state index in [1.54, 1.807) is 63.3 Å². The monoisotopic (exact) mass is 890 g/mol. The molecule has 1 aromatic rings. The number of aliphatic hydroxyl groups is 5. The van der Waals surface area contributed by atoms with Crippen molar-refractivity contribution in [3.05, 3.63) is 53.1 Å². The van der Waals surface area contributed by atoms with Gasteiger partial charge in [-0.25, -0.2) is 4.79 Å². The molecular formula is C46H70N2O15. The largest absolute Gasteiger partial charge is 0.460 e. The Morgan fingerprint density at radius 2 is 1.67 bits per heavy atom. The summed E-state index contributed by atoms with van der Waals surface area (Å²) in [4.78, 5) is 52.4. The number of aliphatic hydroxyl groups excluding tert-OH is 5. The minimum atomic E-state index is -1.57. The fourth-order valence-corrected chi connectivity index (χ4v) is 7.71. The van der Waals surface area contributed by atoms with Crippen LogP contribution in [0.3, 0.4) is 0 Å². The Balaban J connectivity index is 1.42. The van der Waals surface area contributed by atoms with Gasteiger partial charge < -0.3 is 64.6 Å². The number of fused-ring (bicyclic) bond motifs is 1. The fraction of sp³-hybridized carbons (Fsp3) is 0.696. The quantitative estimate of drug-likeness (QED) is 0.0582. The van der Waals surface area contributed by atoms with E-state index >= 15 is 0 Å². The van der Waals surface area contributed by atoms with E-state index in [2.05, 4.69) is 24.5 Å². The third kappa shape index (κ3) is 16.0. The van der Waals surface area contributed by atoms with Gasteiger partial charge in [0.25, 0.3) is 0 Å². The summed E-state index contributed by atoms with van der Waals surface area (Å²) in [6.07, 6.45) is 2.90. The maximum atomic E-state index is 13.8. The van der Waals surface area contributed by atoms with Gasteiger partial charge >= 0.3 is 11.9 Å². The van der Waals surface area contributed by atoms with Crippen molar-refractivity contribution >= 4 is 29.8 Å². The van der Waals surface area contributed by atoms with Crippen molar-refractivity contribution in [2.24, 2.45) is 0 Å². The van der Waals surface area contributed by atoms with E-state index in [-0.39, 0.29) is 51.0 Å². The van der Waals surface area contributed by atoms with Crippen molar-refractivity contribution < 1.29 is 73.1 Å². The highest BCUT2D eigenvalue weighted by molar-refractivity contribution is 5.94. The van der Waals surface area contributed by atoms with Gasteiger partial charge in [-0.3, -0.25) is 14.4 Å². The van der Waals surface area contributed by atoms with Crippen LogP contribution >= 0.6 is 0 Å². The first-order chi connectivity index (χ1) is 30.0. The van der Waals surface area contributed by atoms with E-state index in [1.165, 1.54) is 0 Å². The van der Waals surface area contributed by atoms with E-state index in [9.17, 15) is 44.7 Å². The number of esters is 2. The van der Waals surface area contributed by atoms with Crippen LogP contribution in [0.25, 0.3) is 6.08 Å². The molecule has 0 bridgehead atoms. The average molecular weight is 891 g/mol. The zero-order valence-electron chi connectivity index (χ0n) is 37.4. The van der Waals surface area contributed by atoms with Gasteiger partial charge in [-0.15, -0.1) is 0 Å². The number of carbonyl (C=O) groups excluding carboxylic acids is 4. The number of hydrogen-bond donors (Lipinski definition) is 7. The van der Waals surface area contributed by atoms with Gasteiger partial charge in [-0.05, 0) is 63.8 Å². The summed E-state index contributed by atoms with van der Waals surface area (Å²) in [6, 6.07) is 5.99. The summed E-state index contributed by atoms with van der Waals surface area (Å²) in [7, 11) is 0. The van der Waals surface area contributed by atoms with Gasteiger partial charge in [0.05, 0.1) is 31.4 Å². The minimum absolute atomic E-state index is 0.0148. The number of unbranched alkanes of at least 4 members (excludes halogenated alkanes) is 4. The van der Waals surface area contributed by atoms with Crippen LogP contribution < -0.4 is 10.6 Å². The van der Waals surface area contributed by atoms with Gasteiger partial charge in [0.2, 0.25) is 11.8 Å². The Morgan fingerprint density at radius 1 is 0.952 bits per heavy atom. The molecule has 1 aromatic carbocycles. The first-order valence-corrected chi connectivity index (χ1v) is 22.4. The van der Waals surface area contributed by atoms with Crippen LogP contribution in [0.4, 0.5) is 0 Å². The van der Waals surface area contributed by atoms with E-state index in [0.29, 0.717) is 24.0 Å². The van der Waals surface area contributed by atoms with Gasteiger partial charge in [0.15, 0.2) is 12.1 Å². The van der Waals surface area contributed by atoms with E-state index in [4.69, 9.17) is 28.4 Å². The lowest BCUT2D eigenvalue weighted by atomic mass is 9.91. The van der Waals surface area contributed by atoms with Crippen LogP contribution in [-0.4, -0.2) is 142 Å². The molecule has 17 nitrogen and oxygen atoms in total. The third-order valence-electron chi connectivity index (χ3n) is 11.0. The molecule has 17 heteroatoms. The normalized spacial score (nSPS) is 26.1. The van der Waals surface area contributed by atoms with Gasteiger partial charge in [0, 0.05) is 44.2 Å². The van der Waals surface area contributed by atoms with Gasteiger partial charge in [-0.2, -0.15) is 0 Å². The highest BCUT2D eigenvalue weighted by Gasteiger charge is 2.52. The van der Waals surface area contributed by atoms with Crippen LogP contribution in [0, 0.1) is 0 Å². The zero-order valence-corrected chi connectivity index (χ0v) is 37.4. The van der Waals surface area contributed by atoms with Crippen molar-refractivity contribution in [3.63, 3.8) is 0 Å². The highest BCUT2D eigenvalue weighted by atomic mass is 16.8. The second kappa shape index (κ2) is 25.1. The summed E-state index contributed by atoms with van der Waals surface area (Å²) in [5, 5.41) is 55.0. The summed E-state index contributed by atoms with van der Waals surface area (Å²) in [5.74, 6) is -2.87. The molecular weight excluding hydrogens is 821 g/mol. The van der Waals surface area contributed by atoms with Gasteiger partial charge in [-0.1, -0.05) is 63.8 Å². The smallest absolute Gasteiger partial charge is 0.338 e. The van der Waals surface area contributed by atoms with E-state index in [1.807, 2.05) is 0 Å². The minimum Gasteiger partial charge on any atom is -0.460 e. The van der Waals surface area contributed by atoms with Crippen molar-refractivity contribution in [3.8, 4) is 0 Å². The molecule has 0 spiro atoms. The molecule has 9 atom stereocenters. The Kier molecular flexibility index (Phi) is 20.6. The average Bonchev–Trinajstić information content (AvgIpc) is 3.62. The molecule has 2 saturated heterocycles. The molecule has 2 heterocycles. The fourth-order valence-electron chi connectivity index (χ4n) is 7.71. The lowest BCUT2D eigenvalue weighted by Gasteiger charge is -2.39. The lowest BCUT2D eigenvalue weighted by molar-refractivity contribution is -0.298. The molecule has 0 radical (unpaired) electrons. The SMILES string of the molecule is CCCCCC1(CCCCC)OC2C=C(C(=O)NCCC(=O)NC(CO)CCC(=O)OC(C)(C)C)CC(OC(=O)c3cccc(C=CCOC4OC(CO)C(O)C(O)C4O)c3)C2O1. The Morgan fingerprint density at radius 3 is 2.32 bits per heavy atom. The lowest BCUT2D eigenvalue weighted by Crippen LogP contribution is -2.59. The Hall–Kier alpha value is -3.78. The van der Waals surface area contributed by atoms with Crippen LogP contribution in [-0.2, 0) is 42.8 Å². The number of amides is 2. The predicted molar refractivity (Wildman–Crippen MR) is 230 cm³/mol. The van der Waals surface area contributed by atoms with Crippen LogP contribution in [0.2, 0.25) is 0 Å². The number of carbonyl (C=O) groups is 4. The van der Waals surface area contributed by atoms with Crippen molar-refractivity contribution in [2.75, 3.05) is 26.4 Å². The standard InChI is InChI=1S/C46H70N2O15/c1-6-8-10-20-46(21-11-9-7-2)61-34-26-31(42(56)47-22-19-36(51)48-32(27-49)17-18-37(52)62-45(3,4)5)25-33(41(34)63-46)59-43(57)30-16-12-14-29(24-30)15-13-23-58-44-40(55)39(54)38(53)35(28-50)60-44/h12-16,24,26,32-35,38-41,44,49-50,53-55H,6-11,17-23,25,27-28H2,1-5H3,(H,47,56)(H,48,51). The van der Waals surface area contributed by atoms with Crippen molar-refractivity contribution in [1.82, 2.24) is 10.6 Å². The number of hydrogen-bond acceptors (Lipinski definition) is 15. The number of nitrogens with one attached hydrogen (secondary N) is 2. The van der Waals surface area contributed by atoms with Gasteiger partial charge in [0.1, 0.15) is 48.3 Å². The molecule has 2 amide bonds. The molecule has 2 aliphatic heterocycles. The molecule has 3 aliphatic rings. The maximum Gasteiger partial charge on any atom is 0.338 e. The molecule has 63 heavy (non-hydrogen) atoms. The molecule has 7 N–H and O–H groups in total.